The molecule has 2 aliphatic rings. The molecular weight excluding hydrogens is 427 g/mol. The number of amides is 1. The summed E-state index contributed by atoms with van der Waals surface area (Å²) in [5.74, 6) is 0.111. The van der Waals surface area contributed by atoms with Gasteiger partial charge in [-0.1, -0.05) is 57.5 Å². The molecule has 1 aromatic rings. The van der Waals surface area contributed by atoms with Crippen molar-refractivity contribution < 1.29 is 29.1 Å². The van der Waals surface area contributed by atoms with Crippen molar-refractivity contribution in [1.29, 1.82) is 0 Å². The normalized spacial score (nSPS) is 27.1. The van der Waals surface area contributed by atoms with Crippen molar-refractivity contribution in [3.8, 4) is 0 Å². The van der Waals surface area contributed by atoms with Gasteiger partial charge >= 0.3 is 10.2 Å². The second kappa shape index (κ2) is 6.58. The fraction of sp³-hybridized carbons (Fsp3) is 0.600. The van der Waals surface area contributed by atoms with Crippen molar-refractivity contribution in [3.05, 3.63) is 29.8 Å². The van der Waals surface area contributed by atoms with Crippen molar-refractivity contribution in [2.24, 2.45) is 16.5 Å². The Bertz CT molecular complexity index is 853. The zero-order chi connectivity index (χ0) is 22.5. The molecule has 0 bridgehead atoms. The Hall–Kier alpha value is -1.84. The SMILES string of the molecule is CC(C)(C)C1CCC2(CC1)CC(C(=O)NCc1ccc(S(F)(F)(F)(F)F)cc1)=NO2. The summed E-state index contributed by atoms with van der Waals surface area (Å²) in [5, 5.41) is 6.50. The van der Waals surface area contributed by atoms with Crippen LogP contribution < -0.4 is 5.32 Å². The minimum atomic E-state index is -9.69. The Morgan fingerprint density at radius 1 is 1.13 bits per heavy atom. The van der Waals surface area contributed by atoms with E-state index in [1.165, 1.54) is 0 Å². The number of rotatable bonds is 4. The summed E-state index contributed by atoms with van der Waals surface area (Å²) in [4.78, 5) is 16.1. The summed E-state index contributed by atoms with van der Waals surface area (Å²) in [5.41, 5.74) is 0.272. The number of hydrogen-bond donors (Lipinski definition) is 1. The molecule has 170 valence electrons. The molecule has 0 aromatic heterocycles. The molecule has 0 unspecified atom stereocenters. The van der Waals surface area contributed by atoms with E-state index in [0.717, 1.165) is 37.8 Å². The first-order valence-electron chi connectivity index (χ1n) is 9.84. The van der Waals surface area contributed by atoms with Crippen molar-refractivity contribution >= 4 is 21.8 Å². The van der Waals surface area contributed by atoms with Gasteiger partial charge in [-0.05, 0) is 54.7 Å². The lowest BCUT2D eigenvalue weighted by Crippen LogP contribution is -2.39. The number of halogens is 5. The van der Waals surface area contributed by atoms with Crippen LogP contribution in [0.3, 0.4) is 0 Å². The highest BCUT2D eigenvalue weighted by Gasteiger charge is 2.65. The first-order chi connectivity index (χ1) is 13.5. The van der Waals surface area contributed by atoms with E-state index in [0.29, 0.717) is 24.5 Å². The zero-order valence-corrected chi connectivity index (χ0v) is 18.0. The average Bonchev–Trinajstić information content (AvgIpc) is 3.01. The van der Waals surface area contributed by atoms with Crippen molar-refractivity contribution in [3.63, 3.8) is 0 Å². The van der Waals surface area contributed by atoms with Gasteiger partial charge in [-0.2, -0.15) is 0 Å². The van der Waals surface area contributed by atoms with Crippen molar-refractivity contribution in [1.82, 2.24) is 5.32 Å². The Labute approximate surface area is 173 Å². The molecular formula is C20H27F5N2O2S. The minimum Gasteiger partial charge on any atom is -0.388 e. The number of benzene rings is 1. The highest BCUT2D eigenvalue weighted by Crippen LogP contribution is 3.02. The molecule has 1 aliphatic heterocycles. The molecule has 0 saturated heterocycles. The monoisotopic (exact) mass is 454 g/mol. The van der Waals surface area contributed by atoms with Gasteiger partial charge in [0.1, 0.15) is 16.2 Å². The first kappa shape index (κ1) is 22.8. The number of nitrogens with one attached hydrogen (secondary N) is 1. The van der Waals surface area contributed by atoms with Crippen molar-refractivity contribution in [2.75, 3.05) is 0 Å². The highest BCUT2D eigenvalue weighted by molar-refractivity contribution is 8.45. The van der Waals surface area contributed by atoms with E-state index >= 15 is 0 Å². The van der Waals surface area contributed by atoms with E-state index in [1.807, 2.05) is 0 Å². The number of nitrogens with zero attached hydrogens (tertiary/aromatic N) is 1. The molecule has 30 heavy (non-hydrogen) atoms. The average molecular weight is 455 g/mol. The third kappa shape index (κ3) is 5.25. The van der Waals surface area contributed by atoms with Gasteiger partial charge in [-0.15, -0.1) is 0 Å². The summed E-state index contributed by atoms with van der Waals surface area (Å²) >= 11 is 0. The van der Waals surface area contributed by atoms with E-state index in [9.17, 15) is 24.2 Å². The van der Waals surface area contributed by atoms with Crippen molar-refractivity contribution in [2.45, 2.75) is 69.9 Å². The second-order valence-electron chi connectivity index (χ2n) is 9.42. The highest BCUT2D eigenvalue weighted by atomic mass is 32.5. The van der Waals surface area contributed by atoms with Gasteiger partial charge in [0.15, 0.2) is 0 Å². The van der Waals surface area contributed by atoms with E-state index in [2.05, 4.69) is 31.2 Å². The number of oxime groups is 1. The maximum atomic E-state index is 12.8. The van der Waals surface area contributed by atoms with Crippen LogP contribution in [-0.4, -0.2) is 17.2 Å². The van der Waals surface area contributed by atoms with Crippen LogP contribution in [0.4, 0.5) is 19.4 Å². The molecule has 0 atom stereocenters. The smallest absolute Gasteiger partial charge is 0.310 e. The lowest BCUT2D eigenvalue weighted by atomic mass is 9.67. The molecule has 10 heteroatoms. The zero-order valence-electron chi connectivity index (χ0n) is 17.2. The van der Waals surface area contributed by atoms with Gasteiger partial charge in [0.2, 0.25) is 0 Å². The lowest BCUT2D eigenvalue weighted by Gasteiger charge is -2.40. The molecule has 0 radical (unpaired) electrons. The summed E-state index contributed by atoms with van der Waals surface area (Å²) < 4.78 is 63.8. The van der Waals surface area contributed by atoms with Crippen LogP contribution in [0, 0.1) is 11.3 Å². The maximum Gasteiger partial charge on any atom is 0.310 e. The van der Waals surface area contributed by atoms with E-state index < -0.39 is 26.6 Å². The summed E-state index contributed by atoms with van der Waals surface area (Å²) in [6, 6.07) is 2.52. The van der Waals surface area contributed by atoms with Crippen LogP contribution >= 0.6 is 10.2 Å². The third-order valence-electron chi connectivity index (χ3n) is 6.04. The molecule has 1 N–H and O–H groups in total. The van der Waals surface area contributed by atoms with E-state index in [4.69, 9.17) is 4.84 Å². The molecule has 1 spiro atoms. The fourth-order valence-electron chi connectivity index (χ4n) is 4.07. The Kier molecular flexibility index (Phi) is 5.01. The van der Waals surface area contributed by atoms with Gasteiger partial charge < -0.3 is 10.2 Å². The van der Waals surface area contributed by atoms with Gasteiger partial charge in [0, 0.05) is 13.0 Å². The summed E-state index contributed by atoms with van der Waals surface area (Å²) in [7, 11) is -9.69. The molecule has 1 aliphatic carbocycles. The van der Waals surface area contributed by atoms with Gasteiger partial charge in [-0.3, -0.25) is 4.79 Å². The van der Waals surface area contributed by atoms with Gasteiger partial charge in [0.25, 0.3) is 5.91 Å². The van der Waals surface area contributed by atoms with Crippen LogP contribution in [-0.2, 0) is 16.2 Å². The Balaban J connectivity index is 1.53. The lowest BCUT2D eigenvalue weighted by molar-refractivity contribution is -0.115. The molecule has 1 fully saturated rings. The van der Waals surface area contributed by atoms with Crippen LogP contribution in [0.25, 0.3) is 0 Å². The number of carbonyl (C=O) groups excluding carboxylic acids is 1. The topological polar surface area (TPSA) is 50.7 Å². The fourth-order valence-corrected chi connectivity index (χ4v) is 4.72. The maximum absolute atomic E-state index is 12.8. The molecule has 1 amide bonds. The van der Waals surface area contributed by atoms with Crippen LogP contribution in [0.15, 0.2) is 34.3 Å². The van der Waals surface area contributed by atoms with Gasteiger partial charge in [0.05, 0.1) is 0 Å². The second-order valence-corrected chi connectivity index (χ2v) is 11.8. The molecule has 1 aromatic carbocycles. The summed E-state index contributed by atoms with van der Waals surface area (Å²) in [6.45, 7) is 6.54. The van der Waals surface area contributed by atoms with Crippen LogP contribution in [0.1, 0.15) is 58.4 Å². The molecule has 1 heterocycles. The number of hydrogen-bond acceptors (Lipinski definition) is 3. The Morgan fingerprint density at radius 3 is 2.20 bits per heavy atom. The molecule has 3 rings (SSSR count). The van der Waals surface area contributed by atoms with E-state index in [1.54, 1.807) is 0 Å². The van der Waals surface area contributed by atoms with Crippen LogP contribution in [0.5, 0.6) is 0 Å². The number of carbonyl (C=O) groups is 1. The Morgan fingerprint density at radius 2 is 1.70 bits per heavy atom. The minimum absolute atomic E-state index is 0.0997. The molecule has 1 saturated carbocycles. The predicted molar refractivity (Wildman–Crippen MR) is 107 cm³/mol. The quantitative estimate of drug-likeness (QED) is 0.514. The standard InChI is InChI=1S/C20H27F5N2O2S/c1-19(2,3)15-8-10-20(11-9-15)12-17(27-29-20)18(28)26-13-14-4-6-16(7-5-14)30(21,22,23,24)25/h4-7,15H,8-13H2,1-3H3,(H,26,28). The largest absolute Gasteiger partial charge is 0.388 e. The van der Waals surface area contributed by atoms with Crippen LogP contribution in [0.2, 0.25) is 0 Å². The summed E-state index contributed by atoms with van der Waals surface area (Å²) in [6.07, 6.45) is 3.99. The first-order valence-corrected chi connectivity index (χ1v) is 11.8. The van der Waals surface area contributed by atoms with Gasteiger partial charge in [-0.25, -0.2) is 0 Å². The predicted octanol–water partition coefficient (Wildman–Crippen LogP) is 6.71. The third-order valence-corrected chi connectivity index (χ3v) is 7.21. The van der Waals surface area contributed by atoms with E-state index in [-0.39, 0.29) is 23.2 Å². The molecule has 4 nitrogen and oxygen atoms in total.